The molecule has 1 heterocycles. The summed E-state index contributed by atoms with van der Waals surface area (Å²) in [5.41, 5.74) is -1.88. The van der Waals surface area contributed by atoms with Crippen LogP contribution in [-0.2, 0) is 30.0 Å². The topological polar surface area (TPSA) is 35.6 Å². The summed E-state index contributed by atoms with van der Waals surface area (Å²) < 4.78 is 80.4. The van der Waals surface area contributed by atoms with E-state index in [2.05, 4.69) is 10.2 Å². The molecule has 1 saturated heterocycles. The van der Waals surface area contributed by atoms with Gasteiger partial charge in [-0.2, -0.15) is 26.3 Å². The third kappa shape index (κ3) is 6.19. The molecule has 37 heavy (non-hydrogen) atoms. The summed E-state index contributed by atoms with van der Waals surface area (Å²) in [5.74, 6) is -0.311. The highest BCUT2D eigenvalue weighted by molar-refractivity contribution is 5.88. The van der Waals surface area contributed by atoms with Crippen LogP contribution in [0.4, 0.5) is 26.3 Å². The number of nitrogens with one attached hydrogen (secondary N) is 1. The van der Waals surface area contributed by atoms with E-state index in [1.54, 1.807) is 0 Å². The van der Waals surface area contributed by atoms with Gasteiger partial charge in [-0.1, -0.05) is 24.3 Å². The van der Waals surface area contributed by atoms with Crippen molar-refractivity contribution in [1.29, 1.82) is 0 Å². The minimum absolute atomic E-state index is 0. The zero-order valence-corrected chi connectivity index (χ0v) is 21.9. The normalized spacial score (nSPS) is 18.3. The monoisotopic (exact) mass is 571 g/mol. The summed E-state index contributed by atoms with van der Waals surface area (Å²) in [6.45, 7) is 4.06. The Bertz CT molecular complexity index is 1050. The zero-order valence-electron chi connectivity index (χ0n) is 20.2. The number of benzene rings is 2. The quantitative estimate of drug-likeness (QED) is 0.490. The molecule has 206 valence electrons. The molecule has 0 aromatic heterocycles. The van der Waals surface area contributed by atoms with Crippen LogP contribution in [0.15, 0.2) is 42.5 Å². The Balaban J connectivity index is 0.00000241. The van der Waals surface area contributed by atoms with E-state index in [4.69, 9.17) is 0 Å². The molecule has 1 aliphatic carbocycles. The molecular weight excluding hydrogens is 543 g/mol. The number of fused-ring (bicyclic) bond motifs is 1. The molecule has 12 heteroatoms. The largest absolute Gasteiger partial charge is 0.416 e. The number of halogens is 8. The number of nitrogens with zero attached hydrogens (tertiary/aromatic N) is 2. The lowest BCUT2D eigenvalue weighted by Crippen LogP contribution is -2.64. The molecule has 2 aromatic rings. The number of amides is 1. The molecule has 1 amide bonds. The summed E-state index contributed by atoms with van der Waals surface area (Å²) in [5, 5.41) is 3.25. The highest BCUT2D eigenvalue weighted by Gasteiger charge is 2.50. The van der Waals surface area contributed by atoms with Gasteiger partial charge in [0.15, 0.2) is 0 Å². The van der Waals surface area contributed by atoms with Gasteiger partial charge in [0, 0.05) is 46.1 Å². The molecule has 4 rings (SSSR count). The van der Waals surface area contributed by atoms with E-state index in [0.717, 1.165) is 11.1 Å². The van der Waals surface area contributed by atoms with Crippen LogP contribution >= 0.6 is 24.8 Å². The second-order valence-corrected chi connectivity index (χ2v) is 9.32. The Morgan fingerprint density at radius 3 is 1.81 bits per heavy atom. The van der Waals surface area contributed by atoms with Gasteiger partial charge in [-0.05, 0) is 41.8 Å². The first kappa shape index (κ1) is 31.2. The number of rotatable bonds is 4. The maximum atomic E-state index is 14.0. The molecule has 4 nitrogen and oxygen atoms in total. The summed E-state index contributed by atoms with van der Waals surface area (Å²) in [6, 6.07) is 8.20. The smallest absolute Gasteiger partial charge is 0.337 e. The van der Waals surface area contributed by atoms with E-state index >= 15 is 0 Å². The second-order valence-electron chi connectivity index (χ2n) is 9.32. The molecule has 0 bridgehead atoms. The van der Waals surface area contributed by atoms with Crippen molar-refractivity contribution in [2.75, 3.05) is 33.2 Å². The van der Waals surface area contributed by atoms with Crippen LogP contribution in [0.2, 0.25) is 0 Å². The summed E-state index contributed by atoms with van der Waals surface area (Å²) in [7, 11) is 1.45. The number of carbonyl (C=O) groups excluding carboxylic acids is 1. The Morgan fingerprint density at radius 2 is 1.38 bits per heavy atom. The predicted molar refractivity (Wildman–Crippen MR) is 133 cm³/mol. The Kier molecular flexibility index (Phi) is 9.61. The lowest BCUT2D eigenvalue weighted by Gasteiger charge is -2.45. The molecule has 1 fully saturated rings. The molecule has 0 saturated carbocycles. The standard InChI is InChI=1S/C25H27F6N3O.2ClH/c1-16(19-11-20(24(26,27)28)13-21(12-19)25(29,30)31)33(2)22(35)23(34-9-7-32-8-10-34)14-17-5-3-4-6-18(17)15-23;;/h3-6,11-13,16,32H,7-10,14-15H2,1-2H3;2*1H/t16-;;/m0../s1. The number of hydrogen-bond donors (Lipinski definition) is 1. The van der Waals surface area contributed by atoms with E-state index in [-0.39, 0.29) is 42.4 Å². The van der Waals surface area contributed by atoms with E-state index in [1.165, 1.54) is 18.9 Å². The highest BCUT2D eigenvalue weighted by atomic mass is 35.5. The van der Waals surface area contributed by atoms with Crippen molar-refractivity contribution < 1.29 is 31.1 Å². The van der Waals surface area contributed by atoms with Gasteiger partial charge in [-0.15, -0.1) is 24.8 Å². The van der Waals surface area contributed by atoms with Crippen LogP contribution in [0.3, 0.4) is 0 Å². The van der Waals surface area contributed by atoms with Crippen LogP contribution in [0.1, 0.15) is 40.8 Å². The Labute approximate surface area is 224 Å². The first-order valence-corrected chi connectivity index (χ1v) is 11.4. The first-order chi connectivity index (χ1) is 16.3. The average molecular weight is 572 g/mol. The second kappa shape index (κ2) is 11.4. The van der Waals surface area contributed by atoms with Crippen molar-refractivity contribution in [3.63, 3.8) is 0 Å². The summed E-state index contributed by atoms with van der Waals surface area (Å²) in [4.78, 5) is 17.4. The minimum Gasteiger partial charge on any atom is -0.337 e. The van der Waals surface area contributed by atoms with Crippen LogP contribution < -0.4 is 5.32 Å². The molecule has 2 aromatic carbocycles. The summed E-state index contributed by atoms with van der Waals surface area (Å²) >= 11 is 0. The fourth-order valence-corrected chi connectivity index (χ4v) is 5.15. The van der Waals surface area contributed by atoms with Crippen molar-refractivity contribution in [3.8, 4) is 0 Å². The predicted octanol–water partition coefficient (Wildman–Crippen LogP) is 5.53. The lowest BCUT2D eigenvalue weighted by molar-refractivity contribution is -0.145. The van der Waals surface area contributed by atoms with Crippen molar-refractivity contribution >= 4 is 30.7 Å². The number of carbonyl (C=O) groups is 1. The first-order valence-electron chi connectivity index (χ1n) is 11.4. The highest BCUT2D eigenvalue weighted by Crippen LogP contribution is 2.40. The van der Waals surface area contributed by atoms with Crippen LogP contribution in [0, 0.1) is 0 Å². The van der Waals surface area contributed by atoms with E-state index < -0.39 is 35.1 Å². The van der Waals surface area contributed by atoms with Gasteiger partial charge >= 0.3 is 12.4 Å². The molecular formula is C25H29Cl2F6N3O. The SMILES string of the molecule is C[C@@H](c1cc(C(F)(F)F)cc(C(F)(F)F)c1)N(C)C(=O)C1(N2CCNCC2)Cc2ccccc2C1.Cl.Cl. The van der Waals surface area contributed by atoms with E-state index in [9.17, 15) is 31.1 Å². The Morgan fingerprint density at radius 1 is 0.919 bits per heavy atom. The third-order valence-electron chi connectivity index (χ3n) is 7.20. The van der Waals surface area contributed by atoms with Crippen LogP contribution in [0.5, 0.6) is 0 Å². The van der Waals surface area contributed by atoms with Gasteiger partial charge in [0.1, 0.15) is 5.54 Å². The fourth-order valence-electron chi connectivity index (χ4n) is 5.15. The van der Waals surface area contributed by atoms with Gasteiger partial charge in [0.05, 0.1) is 17.2 Å². The molecule has 0 spiro atoms. The zero-order chi connectivity index (χ0) is 25.6. The molecule has 1 aliphatic heterocycles. The maximum absolute atomic E-state index is 14.0. The molecule has 0 unspecified atom stereocenters. The molecule has 1 N–H and O–H groups in total. The third-order valence-corrected chi connectivity index (χ3v) is 7.20. The number of hydrogen-bond acceptors (Lipinski definition) is 3. The van der Waals surface area contributed by atoms with Gasteiger partial charge < -0.3 is 10.2 Å². The molecule has 2 aliphatic rings. The number of alkyl halides is 6. The van der Waals surface area contributed by atoms with Crippen molar-refractivity contribution in [2.45, 2.75) is 43.7 Å². The maximum Gasteiger partial charge on any atom is 0.416 e. The van der Waals surface area contributed by atoms with E-state index in [1.807, 2.05) is 24.3 Å². The average Bonchev–Trinajstić information content (AvgIpc) is 3.22. The van der Waals surface area contributed by atoms with Gasteiger partial charge in [-0.3, -0.25) is 9.69 Å². The fraction of sp³-hybridized carbons (Fsp3) is 0.480. The van der Waals surface area contributed by atoms with Gasteiger partial charge in [0.25, 0.3) is 0 Å². The van der Waals surface area contributed by atoms with Crippen molar-refractivity contribution in [3.05, 3.63) is 70.3 Å². The van der Waals surface area contributed by atoms with Crippen LogP contribution in [-0.4, -0.2) is 54.5 Å². The van der Waals surface area contributed by atoms with Crippen LogP contribution in [0.25, 0.3) is 0 Å². The van der Waals surface area contributed by atoms with Gasteiger partial charge in [0.2, 0.25) is 5.91 Å². The lowest BCUT2D eigenvalue weighted by atomic mass is 9.89. The molecule has 1 atom stereocenters. The van der Waals surface area contributed by atoms with Crippen molar-refractivity contribution in [1.82, 2.24) is 15.1 Å². The number of likely N-dealkylation sites (N-methyl/N-ethyl adjacent to an activating group) is 1. The number of piperazine rings is 1. The van der Waals surface area contributed by atoms with E-state index in [0.29, 0.717) is 51.2 Å². The Hall–Kier alpha value is -2.01. The van der Waals surface area contributed by atoms with Gasteiger partial charge in [-0.25, -0.2) is 0 Å². The summed E-state index contributed by atoms with van der Waals surface area (Å²) in [6.07, 6.45) is -9.02. The minimum atomic E-state index is -4.95. The molecule has 0 radical (unpaired) electrons. The van der Waals surface area contributed by atoms with Crippen molar-refractivity contribution in [2.24, 2.45) is 0 Å².